The molecule has 9 heteroatoms. The molecule has 0 bridgehead atoms. The highest BCUT2D eigenvalue weighted by Crippen LogP contribution is 2.58. The fourth-order valence-electron chi connectivity index (χ4n) is 3.72. The number of rotatable bonds is 7. The molecule has 1 aliphatic heterocycles. The van der Waals surface area contributed by atoms with Gasteiger partial charge in [-0.05, 0) is 49.3 Å². The topological polar surface area (TPSA) is 104 Å². The molecule has 26 heavy (non-hydrogen) atoms. The Balaban J connectivity index is 2.18. The first-order valence-corrected chi connectivity index (χ1v) is 11.9. The molecule has 1 aromatic carbocycles. The maximum atomic E-state index is 13.1. The van der Waals surface area contributed by atoms with Crippen LogP contribution in [0.2, 0.25) is 0 Å². The maximum Gasteiger partial charge on any atom is 0.348 e. The normalized spacial score (nSPS) is 18.0. The molecule has 7 nitrogen and oxygen atoms in total. The summed E-state index contributed by atoms with van der Waals surface area (Å²) in [6, 6.07) is 7.72. The molecule has 0 amide bonds. The number of ether oxygens (including phenoxy) is 1. The Morgan fingerprint density at radius 1 is 1.15 bits per heavy atom. The minimum absolute atomic E-state index is 0.117. The zero-order valence-electron chi connectivity index (χ0n) is 15.5. The average molecular weight is 405 g/mol. The van der Waals surface area contributed by atoms with E-state index in [0.717, 1.165) is 11.3 Å². The summed E-state index contributed by atoms with van der Waals surface area (Å²) in [5.74, 6) is 0.992. The summed E-state index contributed by atoms with van der Waals surface area (Å²) in [7, 11) is -7.33. The first-order valence-electron chi connectivity index (χ1n) is 8.82. The number of hydrogen-bond acceptors (Lipinski definition) is 4. The summed E-state index contributed by atoms with van der Waals surface area (Å²) in [4.78, 5) is 19.5. The summed E-state index contributed by atoms with van der Waals surface area (Å²) in [6.45, 7) is 3.57. The van der Waals surface area contributed by atoms with Crippen LogP contribution in [0.1, 0.15) is 51.0 Å². The van der Waals surface area contributed by atoms with E-state index in [2.05, 4.69) is 0 Å². The lowest BCUT2D eigenvalue weighted by molar-refractivity contribution is 0.299. The highest BCUT2D eigenvalue weighted by atomic mass is 32.2. The molecule has 2 N–H and O–H groups in total. The van der Waals surface area contributed by atoms with Crippen molar-refractivity contribution in [1.82, 2.24) is 4.31 Å². The molecule has 1 heterocycles. The molecule has 1 aromatic rings. The third-order valence-corrected chi connectivity index (χ3v) is 11.2. The second kappa shape index (κ2) is 7.98. The lowest BCUT2D eigenvalue weighted by Crippen LogP contribution is -2.50. The molecule has 1 aliphatic rings. The molecular formula is C17H28NO6PS. The zero-order chi connectivity index (χ0) is 19.6. The second-order valence-corrected chi connectivity index (χ2v) is 11.1. The molecule has 2 rings (SSSR count). The highest BCUT2D eigenvalue weighted by molar-refractivity contribution is 7.97. The molecule has 0 unspecified atom stereocenters. The fourth-order valence-corrected chi connectivity index (χ4v) is 8.00. The van der Waals surface area contributed by atoms with Crippen LogP contribution in [-0.4, -0.2) is 47.2 Å². The predicted octanol–water partition coefficient (Wildman–Crippen LogP) is 2.90. The number of sulfonamides is 1. The summed E-state index contributed by atoms with van der Waals surface area (Å²) < 4.78 is 42.5. The van der Waals surface area contributed by atoms with Crippen LogP contribution in [0.4, 0.5) is 0 Å². The van der Waals surface area contributed by atoms with Gasteiger partial charge in [-0.25, -0.2) is 12.7 Å². The van der Waals surface area contributed by atoms with Crippen molar-refractivity contribution >= 4 is 17.6 Å². The molecule has 1 fully saturated rings. The smallest absolute Gasteiger partial charge is 0.348 e. The second-order valence-electron chi connectivity index (χ2n) is 6.65. The van der Waals surface area contributed by atoms with Gasteiger partial charge in [0.05, 0.1) is 7.11 Å². The van der Waals surface area contributed by atoms with Crippen LogP contribution in [0.5, 0.6) is 5.75 Å². The quantitative estimate of drug-likeness (QED) is 0.676. The van der Waals surface area contributed by atoms with Crippen LogP contribution in [0.25, 0.3) is 0 Å². The Labute approximate surface area is 155 Å². The Morgan fingerprint density at radius 2 is 1.65 bits per heavy atom. The number of nitrogens with zero attached hydrogens (tertiary/aromatic N) is 1. The molecule has 0 spiro atoms. The van der Waals surface area contributed by atoms with Crippen molar-refractivity contribution < 1.29 is 27.5 Å². The Morgan fingerprint density at radius 3 is 2.04 bits per heavy atom. The van der Waals surface area contributed by atoms with Crippen LogP contribution in [0, 0.1) is 0 Å². The van der Waals surface area contributed by atoms with E-state index in [4.69, 9.17) is 4.74 Å². The highest BCUT2D eigenvalue weighted by Gasteiger charge is 2.57. The van der Waals surface area contributed by atoms with Crippen LogP contribution >= 0.6 is 7.60 Å². The summed E-state index contributed by atoms with van der Waals surface area (Å²) in [5.41, 5.74) is 1.12. The van der Waals surface area contributed by atoms with E-state index in [1.54, 1.807) is 7.11 Å². The van der Waals surface area contributed by atoms with Gasteiger partial charge in [0.25, 0.3) is 0 Å². The standard InChI is InChI=1S/C17H28NO6PS/c1-4-17(5-2,25(19,20)21)26(22,23)18-12-10-15(11-13-18)14-6-8-16(24-3)9-7-14/h6-9,15H,4-5,10-13H2,1-3H3,(H2,19,20,21). The van der Waals surface area contributed by atoms with Gasteiger partial charge >= 0.3 is 7.60 Å². The van der Waals surface area contributed by atoms with Crippen LogP contribution < -0.4 is 4.74 Å². The van der Waals surface area contributed by atoms with Gasteiger partial charge in [-0.1, -0.05) is 26.0 Å². The van der Waals surface area contributed by atoms with E-state index in [9.17, 15) is 22.8 Å². The first-order chi connectivity index (χ1) is 12.1. The number of methoxy groups -OCH3 is 1. The zero-order valence-corrected chi connectivity index (χ0v) is 17.2. The summed E-state index contributed by atoms with van der Waals surface area (Å²) in [5, 5.41) is 0. The minimum atomic E-state index is -4.82. The average Bonchev–Trinajstić information content (AvgIpc) is 2.62. The number of benzene rings is 1. The van der Waals surface area contributed by atoms with Gasteiger partial charge in [-0.15, -0.1) is 0 Å². The Kier molecular flexibility index (Phi) is 6.57. The SMILES string of the molecule is CCC(CC)(P(=O)(O)O)S(=O)(=O)N1CCC(c2ccc(OC)cc2)CC1. The number of hydrogen-bond donors (Lipinski definition) is 2. The van der Waals surface area contributed by atoms with Crippen LogP contribution in [-0.2, 0) is 14.6 Å². The largest absolute Gasteiger partial charge is 0.497 e. The van der Waals surface area contributed by atoms with Gasteiger partial charge in [-0.2, -0.15) is 0 Å². The van der Waals surface area contributed by atoms with Gasteiger partial charge in [0.15, 0.2) is 4.49 Å². The fraction of sp³-hybridized carbons (Fsp3) is 0.647. The number of piperidine rings is 1. The maximum absolute atomic E-state index is 13.1. The van der Waals surface area contributed by atoms with Crippen LogP contribution in [0.3, 0.4) is 0 Å². The molecule has 0 aliphatic carbocycles. The third kappa shape index (κ3) is 3.71. The van der Waals surface area contributed by atoms with E-state index in [1.807, 2.05) is 24.3 Å². The lowest BCUT2D eigenvalue weighted by Gasteiger charge is -2.39. The van der Waals surface area contributed by atoms with E-state index in [0.29, 0.717) is 12.8 Å². The monoisotopic (exact) mass is 405 g/mol. The van der Waals surface area contributed by atoms with E-state index >= 15 is 0 Å². The van der Waals surface area contributed by atoms with Crippen molar-refractivity contribution in [2.24, 2.45) is 0 Å². The minimum Gasteiger partial charge on any atom is -0.497 e. The van der Waals surface area contributed by atoms with Crippen molar-refractivity contribution in [2.45, 2.75) is 49.9 Å². The Bertz CT molecular complexity index is 746. The Hall–Kier alpha value is -0.920. The van der Waals surface area contributed by atoms with Gasteiger partial charge in [0.2, 0.25) is 10.0 Å². The van der Waals surface area contributed by atoms with Crippen molar-refractivity contribution in [3.8, 4) is 5.75 Å². The molecule has 148 valence electrons. The van der Waals surface area contributed by atoms with Crippen LogP contribution in [0.15, 0.2) is 24.3 Å². The van der Waals surface area contributed by atoms with E-state index in [1.165, 1.54) is 18.2 Å². The summed E-state index contributed by atoms with van der Waals surface area (Å²) >= 11 is 0. The van der Waals surface area contributed by atoms with Gasteiger partial charge in [0, 0.05) is 13.1 Å². The molecule has 0 aromatic heterocycles. The molecular weight excluding hydrogens is 377 g/mol. The molecule has 0 saturated carbocycles. The van der Waals surface area contributed by atoms with Crippen molar-refractivity contribution in [3.63, 3.8) is 0 Å². The van der Waals surface area contributed by atoms with E-state index in [-0.39, 0.29) is 31.8 Å². The predicted molar refractivity (Wildman–Crippen MR) is 101 cm³/mol. The summed E-state index contributed by atoms with van der Waals surface area (Å²) in [6.07, 6.45) is 1.01. The van der Waals surface area contributed by atoms with Gasteiger partial charge in [-0.3, -0.25) is 4.57 Å². The molecule has 1 saturated heterocycles. The molecule has 0 radical (unpaired) electrons. The van der Waals surface area contributed by atoms with E-state index < -0.39 is 22.1 Å². The van der Waals surface area contributed by atoms with Crippen molar-refractivity contribution in [1.29, 1.82) is 0 Å². The van der Waals surface area contributed by atoms with Gasteiger partial charge < -0.3 is 14.5 Å². The lowest BCUT2D eigenvalue weighted by atomic mass is 9.90. The van der Waals surface area contributed by atoms with Crippen molar-refractivity contribution in [3.05, 3.63) is 29.8 Å². The third-order valence-electron chi connectivity index (χ3n) is 5.50. The van der Waals surface area contributed by atoms with Crippen molar-refractivity contribution in [2.75, 3.05) is 20.2 Å². The van der Waals surface area contributed by atoms with Gasteiger partial charge in [0.1, 0.15) is 5.75 Å². The first kappa shape index (κ1) is 21.4. The molecule has 0 atom stereocenters.